The zero-order valence-corrected chi connectivity index (χ0v) is 14.9. The first-order chi connectivity index (χ1) is 13.2. The summed E-state index contributed by atoms with van der Waals surface area (Å²) in [5, 5.41) is 0. The average molecular weight is 364 g/mol. The van der Waals surface area contributed by atoms with E-state index in [1.165, 1.54) is 12.1 Å². The number of rotatable bonds is 5. The molecule has 0 fully saturated rings. The van der Waals surface area contributed by atoms with Crippen LogP contribution in [0.15, 0.2) is 47.0 Å². The van der Waals surface area contributed by atoms with Crippen molar-refractivity contribution in [2.75, 3.05) is 13.6 Å². The minimum atomic E-state index is -0.331. The van der Waals surface area contributed by atoms with E-state index in [0.717, 1.165) is 11.2 Å². The van der Waals surface area contributed by atoms with E-state index in [4.69, 9.17) is 0 Å². The normalized spacial score (nSPS) is 12.6. The Kier molecular flexibility index (Phi) is 4.41. The van der Waals surface area contributed by atoms with E-state index >= 15 is 0 Å². The van der Waals surface area contributed by atoms with Gasteiger partial charge in [-0.3, -0.25) is 14.6 Å². The summed E-state index contributed by atoms with van der Waals surface area (Å²) in [6, 6.07) is 4.43. The SMILES string of the molecule is CCN=C(C=NC)Cn1cnc2cnc(-n3cnc4cc(F)ccc43)nc21. The molecule has 0 radical (unpaired) electrons. The molecule has 0 saturated heterocycles. The number of hydrogen-bond acceptors (Lipinski definition) is 6. The monoisotopic (exact) mass is 364 g/mol. The molecule has 3 heterocycles. The van der Waals surface area contributed by atoms with Crippen LogP contribution in [0.25, 0.3) is 28.1 Å². The number of nitrogens with zero attached hydrogens (tertiary/aromatic N) is 8. The minimum absolute atomic E-state index is 0.331. The summed E-state index contributed by atoms with van der Waals surface area (Å²) in [7, 11) is 1.71. The van der Waals surface area contributed by atoms with Gasteiger partial charge in [0.15, 0.2) is 5.65 Å². The number of halogens is 1. The largest absolute Gasteiger partial charge is 0.309 e. The molecule has 0 atom stereocenters. The number of aliphatic imine (C=N–C) groups is 2. The van der Waals surface area contributed by atoms with Gasteiger partial charge in [-0.1, -0.05) is 0 Å². The standard InChI is InChI=1S/C18H17FN8/c1-3-21-13(7-20-2)9-26-10-23-15-8-22-18(25-17(15)26)27-11-24-14-6-12(19)4-5-16(14)27/h4-8,10-11H,3,9H2,1-2H3. The van der Waals surface area contributed by atoms with E-state index < -0.39 is 0 Å². The molecule has 0 bridgehead atoms. The van der Waals surface area contributed by atoms with Gasteiger partial charge >= 0.3 is 0 Å². The zero-order chi connectivity index (χ0) is 18.8. The lowest BCUT2D eigenvalue weighted by Crippen LogP contribution is -2.12. The van der Waals surface area contributed by atoms with E-state index in [2.05, 4.69) is 29.9 Å². The molecule has 3 aromatic heterocycles. The predicted molar refractivity (Wildman–Crippen MR) is 102 cm³/mol. The van der Waals surface area contributed by atoms with Gasteiger partial charge in [0.05, 0.1) is 35.8 Å². The van der Waals surface area contributed by atoms with Gasteiger partial charge in [-0.15, -0.1) is 0 Å². The van der Waals surface area contributed by atoms with Gasteiger partial charge in [-0.2, -0.15) is 4.98 Å². The molecule has 0 aliphatic rings. The minimum Gasteiger partial charge on any atom is -0.309 e. The molecule has 0 N–H and O–H groups in total. The van der Waals surface area contributed by atoms with Gasteiger partial charge in [0.25, 0.3) is 0 Å². The Hall–Kier alpha value is -3.49. The lowest BCUT2D eigenvalue weighted by atomic mass is 10.3. The van der Waals surface area contributed by atoms with Crippen LogP contribution in [0.4, 0.5) is 4.39 Å². The van der Waals surface area contributed by atoms with Crippen molar-refractivity contribution >= 4 is 34.1 Å². The Morgan fingerprint density at radius 3 is 2.85 bits per heavy atom. The summed E-state index contributed by atoms with van der Waals surface area (Å²) in [6.07, 6.45) is 6.68. The number of aromatic nitrogens is 6. The third-order valence-electron chi connectivity index (χ3n) is 4.04. The molecular weight excluding hydrogens is 347 g/mol. The maximum atomic E-state index is 13.4. The van der Waals surface area contributed by atoms with Crippen LogP contribution in [0.2, 0.25) is 0 Å². The van der Waals surface area contributed by atoms with Gasteiger partial charge in [-0.25, -0.2) is 19.3 Å². The lowest BCUT2D eigenvalue weighted by molar-refractivity contribution is 0.629. The Balaban J connectivity index is 1.78. The topological polar surface area (TPSA) is 86.1 Å². The van der Waals surface area contributed by atoms with Crippen LogP contribution in [0, 0.1) is 5.82 Å². The summed E-state index contributed by atoms with van der Waals surface area (Å²) in [5.74, 6) is 0.110. The van der Waals surface area contributed by atoms with Gasteiger partial charge in [0.1, 0.15) is 17.7 Å². The average Bonchev–Trinajstić information content (AvgIpc) is 3.25. The van der Waals surface area contributed by atoms with Gasteiger partial charge in [0, 0.05) is 25.9 Å². The summed E-state index contributed by atoms with van der Waals surface area (Å²) in [5.41, 5.74) is 3.47. The summed E-state index contributed by atoms with van der Waals surface area (Å²) < 4.78 is 17.0. The summed E-state index contributed by atoms with van der Waals surface area (Å²) in [6.45, 7) is 3.16. The lowest BCUT2D eigenvalue weighted by Gasteiger charge is -2.06. The molecule has 0 aliphatic carbocycles. The number of hydrogen-bond donors (Lipinski definition) is 0. The second-order valence-corrected chi connectivity index (χ2v) is 5.85. The Labute approximate surface area is 154 Å². The van der Waals surface area contributed by atoms with Crippen LogP contribution in [-0.4, -0.2) is 54.6 Å². The third-order valence-corrected chi connectivity index (χ3v) is 4.04. The van der Waals surface area contributed by atoms with Crippen LogP contribution in [0.3, 0.4) is 0 Å². The summed E-state index contributed by atoms with van der Waals surface area (Å²) in [4.78, 5) is 26.1. The van der Waals surface area contributed by atoms with Crippen molar-refractivity contribution in [3.8, 4) is 5.95 Å². The molecule has 8 nitrogen and oxygen atoms in total. The number of imidazole rings is 2. The van der Waals surface area contributed by atoms with E-state index in [-0.39, 0.29) is 5.82 Å². The summed E-state index contributed by atoms with van der Waals surface area (Å²) >= 11 is 0. The molecular formula is C18H17FN8. The van der Waals surface area contributed by atoms with Crippen molar-refractivity contribution < 1.29 is 4.39 Å². The fourth-order valence-electron chi connectivity index (χ4n) is 2.88. The predicted octanol–water partition coefficient (Wildman–Crippen LogP) is 2.47. The molecule has 0 unspecified atom stereocenters. The quantitative estimate of drug-likeness (QED) is 0.509. The molecule has 0 spiro atoms. The fraction of sp³-hybridized carbons (Fsp3) is 0.222. The van der Waals surface area contributed by atoms with Gasteiger partial charge < -0.3 is 4.57 Å². The highest BCUT2D eigenvalue weighted by molar-refractivity contribution is 6.30. The Morgan fingerprint density at radius 1 is 1.19 bits per heavy atom. The van der Waals surface area contributed by atoms with Crippen LogP contribution in [0.5, 0.6) is 0 Å². The van der Waals surface area contributed by atoms with E-state index in [1.807, 2.05) is 11.5 Å². The molecule has 9 heteroatoms. The smallest absolute Gasteiger partial charge is 0.237 e. The molecule has 4 rings (SSSR count). The Morgan fingerprint density at radius 2 is 2.04 bits per heavy atom. The second kappa shape index (κ2) is 7.02. The first kappa shape index (κ1) is 17.0. The highest BCUT2D eigenvalue weighted by Gasteiger charge is 2.12. The molecule has 0 saturated carbocycles. The van der Waals surface area contributed by atoms with Crippen molar-refractivity contribution in [2.45, 2.75) is 13.5 Å². The molecule has 1 aromatic carbocycles. The van der Waals surface area contributed by atoms with Crippen molar-refractivity contribution in [3.05, 3.63) is 42.9 Å². The molecule has 0 aliphatic heterocycles. The maximum Gasteiger partial charge on any atom is 0.237 e. The van der Waals surface area contributed by atoms with Crippen molar-refractivity contribution in [1.82, 2.24) is 29.1 Å². The second-order valence-electron chi connectivity index (χ2n) is 5.85. The number of fused-ring (bicyclic) bond motifs is 2. The first-order valence-corrected chi connectivity index (χ1v) is 8.46. The first-order valence-electron chi connectivity index (χ1n) is 8.46. The third kappa shape index (κ3) is 3.19. The van der Waals surface area contributed by atoms with Crippen LogP contribution in [0.1, 0.15) is 6.92 Å². The van der Waals surface area contributed by atoms with Crippen molar-refractivity contribution in [1.29, 1.82) is 0 Å². The highest BCUT2D eigenvalue weighted by Crippen LogP contribution is 2.18. The highest BCUT2D eigenvalue weighted by atomic mass is 19.1. The van der Waals surface area contributed by atoms with E-state index in [9.17, 15) is 4.39 Å². The van der Waals surface area contributed by atoms with Crippen LogP contribution >= 0.6 is 0 Å². The van der Waals surface area contributed by atoms with Crippen LogP contribution in [-0.2, 0) is 6.54 Å². The Bertz CT molecular complexity index is 1170. The van der Waals surface area contributed by atoms with E-state index in [0.29, 0.717) is 35.7 Å². The zero-order valence-electron chi connectivity index (χ0n) is 14.9. The van der Waals surface area contributed by atoms with Gasteiger partial charge in [0.2, 0.25) is 5.95 Å². The molecule has 136 valence electrons. The van der Waals surface area contributed by atoms with Crippen molar-refractivity contribution in [2.24, 2.45) is 9.98 Å². The fourth-order valence-corrected chi connectivity index (χ4v) is 2.88. The molecule has 0 amide bonds. The maximum absolute atomic E-state index is 13.4. The van der Waals surface area contributed by atoms with Crippen LogP contribution < -0.4 is 0 Å². The number of benzene rings is 1. The van der Waals surface area contributed by atoms with Gasteiger partial charge in [-0.05, 0) is 19.1 Å². The molecule has 4 aromatic rings. The molecule has 27 heavy (non-hydrogen) atoms. The van der Waals surface area contributed by atoms with E-state index in [1.54, 1.807) is 42.7 Å². The van der Waals surface area contributed by atoms with Crippen molar-refractivity contribution in [3.63, 3.8) is 0 Å².